The highest BCUT2D eigenvalue weighted by molar-refractivity contribution is 7.91. The second-order valence-electron chi connectivity index (χ2n) is 6.66. The maximum absolute atomic E-state index is 12.4. The fourth-order valence-electron chi connectivity index (χ4n) is 2.30. The van der Waals surface area contributed by atoms with Gasteiger partial charge in [0.25, 0.3) is 11.1 Å². The van der Waals surface area contributed by atoms with Crippen molar-refractivity contribution in [3.05, 3.63) is 58.5 Å². The Balaban J connectivity index is 1.74. The molecule has 0 saturated heterocycles. The fourth-order valence-corrected chi connectivity index (χ4v) is 4.23. The number of carbonyl (C=O) groups is 2. The van der Waals surface area contributed by atoms with Crippen molar-refractivity contribution in [3.63, 3.8) is 0 Å². The number of sulfone groups is 1. The summed E-state index contributed by atoms with van der Waals surface area (Å²) in [4.78, 5) is 28.2. The van der Waals surface area contributed by atoms with Gasteiger partial charge in [0, 0.05) is 11.5 Å². The van der Waals surface area contributed by atoms with E-state index in [0.29, 0.717) is 17.1 Å². The predicted molar refractivity (Wildman–Crippen MR) is 120 cm³/mol. The first kappa shape index (κ1) is 24.1. The van der Waals surface area contributed by atoms with Crippen LogP contribution < -0.4 is 10.1 Å². The summed E-state index contributed by atoms with van der Waals surface area (Å²) in [6, 6.07) is 9.01. The zero-order chi connectivity index (χ0) is 24.2. The lowest BCUT2D eigenvalue weighted by atomic mass is 10.1. The van der Waals surface area contributed by atoms with Gasteiger partial charge in [-0.05, 0) is 49.8 Å². The SMILES string of the molecule is CC(C)S(=O)(=O)c1nsc(NC(=O)/C(C#N)=C\c2ccc(OC(=O)c3ccco3)c(Cl)c2)n1. The number of hydrogen-bond acceptors (Lipinski definition) is 10. The molecule has 33 heavy (non-hydrogen) atoms. The van der Waals surface area contributed by atoms with E-state index in [1.807, 2.05) is 0 Å². The predicted octanol–water partition coefficient (Wildman–Crippen LogP) is 3.73. The molecule has 0 aliphatic heterocycles. The van der Waals surface area contributed by atoms with Crippen LogP contribution in [0, 0.1) is 11.3 Å². The molecule has 1 N–H and O–H groups in total. The van der Waals surface area contributed by atoms with Crippen molar-refractivity contribution in [1.29, 1.82) is 5.26 Å². The van der Waals surface area contributed by atoms with E-state index < -0.39 is 32.1 Å². The number of rotatable bonds is 7. The lowest BCUT2D eigenvalue weighted by Crippen LogP contribution is -2.16. The molecule has 0 unspecified atom stereocenters. The Morgan fingerprint density at radius 1 is 1.33 bits per heavy atom. The van der Waals surface area contributed by atoms with E-state index in [0.717, 1.165) is 0 Å². The minimum Gasteiger partial charge on any atom is -0.457 e. The van der Waals surface area contributed by atoms with Crippen LogP contribution in [0.3, 0.4) is 0 Å². The van der Waals surface area contributed by atoms with E-state index in [1.54, 1.807) is 6.07 Å². The van der Waals surface area contributed by atoms with E-state index in [2.05, 4.69) is 14.7 Å². The van der Waals surface area contributed by atoms with Crippen LogP contribution in [0.25, 0.3) is 6.08 Å². The molecular formula is C20H15ClN4O6S2. The highest BCUT2D eigenvalue weighted by atomic mass is 35.5. The Bertz CT molecular complexity index is 1370. The van der Waals surface area contributed by atoms with Gasteiger partial charge in [-0.1, -0.05) is 17.7 Å². The van der Waals surface area contributed by atoms with Crippen LogP contribution in [0.5, 0.6) is 5.75 Å². The van der Waals surface area contributed by atoms with E-state index >= 15 is 0 Å². The van der Waals surface area contributed by atoms with Crippen LogP contribution in [-0.2, 0) is 14.6 Å². The summed E-state index contributed by atoms with van der Waals surface area (Å²) < 4.78 is 38.1. The van der Waals surface area contributed by atoms with Gasteiger partial charge < -0.3 is 9.15 Å². The van der Waals surface area contributed by atoms with Crippen molar-refractivity contribution in [3.8, 4) is 11.8 Å². The number of nitrogens with one attached hydrogen (secondary N) is 1. The average Bonchev–Trinajstić information content (AvgIpc) is 3.46. The van der Waals surface area contributed by atoms with Gasteiger partial charge in [-0.25, -0.2) is 13.2 Å². The van der Waals surface area contributed by atoms with E-state index in [-0.39, 0.29) is 27.2 Å². The largest absolute Gasteiger partial charge is 0.457 e. The third-order valence-corrected chi connectivity index (χ3v) is 7.03. The number of esters is 1. The smallest absolute Gasteiger partial charge is 0.379 e. The number of nitriles is 1. The number of benzene rings is 1. The van der Waals surface area contributed by atoms with Gasteiger partial charge in [0.05, 0.1) is 16.5 Å². The topological polar surface area (TPSA) is 152 Å². The molecule has 0 atom stereocenters. The van der Waals surface area contributed by atoms with Crippen molar-refractivity contribution in [2.45, 2.75) is 24.3 Å². The molecule has 1 amide bonds. The first-order valence-corrected chi connectivity index (χ1v) is 11.9. The molecule has 0 aliphatic carbocycles. The zero-order valence-electron chi connectivity index (χ0n) is 17.1. The highest BCUT2D eigenvalue weighted by Gasteiger charge is 2.25. The molecule has 13 heteroatoms. The molecule has 2 aromatic heterocycles. The Kier molecular flexibility index (Phi) is 7.27. The van der Waals surface area contributed by atoms with Gasteiger partial charge in [0.1, 0.15) is 17.4 Å². The minimum absolute atomic E-state index is 0.000458. The summed E-state index contributed by atoms with van der Waals surface area (Å²) in [7, 11) is -3.70. The first-order chi connectivity index (χ1) is 15.6. The summed E-state index contributed by atoms with van der Waals surface area (Å²) in [5.41, 5.74) is 0.0831. The third kappa shape index (κ3) is 5.64. The van der Waals surface area contributed by atoms with Gasteiger partial charge in [-0.3, -0.25) is 10.1 Å². The number of furan rings is 1. The molecule has 0 radical (unpaired) electrons. The van der Waals surface area contributed by atoms with Crippen LogP contribution in [0.4, 0.5) is 5.13 Å². The van der Waals surface area contributed by atoms with Crippen LogP contribution in [0.15, 0.2) is 51.7 Å². The highest BCUT2D eigenvalue weighted by Crippen LogP contribution is 2.27. The molecule has 0 bridgehead atoms. The monoisotopic (exact) mass is 506 g/mol. The molecule has 1 aromatic carbocycles. The number of carbonyl (C=O) groups excluding carboxylic acids is 2. The molecule has 0 fully saturated rings. The summed E-state index contributed by atoms with van der Waals surface area (Å²) in [6.45, 7) is 2.97. The molecular weight excluding hydrogens is 492 g/mol. The normalized spacial score (nSPS) is 11.8. The molecule has 0 spiro atoms. The van der Waals surface area contributed by atoms with Crippen molar-refractivity contribution in [2.24, 2.45) is 0 Å². The van der Waals surface area contributed by atoms with Crippen molar-refractivity contribution < 1.29 is 27.2 Å². The molecule has 3 rings (SSSR count). The number of amides is 1. The zero-order valence-corrected chi connectivity index (χ0v) is 19.5. The number of aromatic nitrogens is 2. The fraction of sp³-hybridized carbons (Fsp3) is 0.150. The van der Waals surface area contributed by atoms with Gasteiger partial charge in [-0.2, -0.15) is 14.6 Å². The number of ether oxygens (including phenoxy) is 1. The standard InChI is InChI=1S/C20H15ClN4O6S2/c1-11(2)33(28,29)20-24-19(32-25-20)23-17(26)13(10-22)8-12-5-6-15(14(21)9-12)31-18(27)16-4-3-7-30-16/h3-9,11H,1-2H3,(H,23,24,25,26)/b13-8-. The number of halogens is 1. The maximum atomic E-state index is 12.4. The molecule has 0 saturated carbocycles. The lowest BCUT2D eigenvalue weighted by molar-refractivity contribution is -0.112. The Morgan fingerprint density at radius 2 is 2.09 bits per heavy atom. The summed E-state index contributed by atoms with van der Waals surface area (Å²) in [6.07, 6.45) is 2.58. The molecule has 2 heterocycles. The molecule has 170 valence electrons. The van der Waals surface area contributed by atoms with Crippen molar-refractivity contribution >= 4 is 56.1 Å². The Hall–Kier alpha value is -3.53. The van der Waals surface area contributed by atoms with Gasteiger partial charge in [-0.15, -0.1) is 0 Å². The number of nitrogens with zero attached hydrogens (tertiary/aromatic N) is 3. The van der Waals surface area contributed by atoms with Crippen LogP contribution in [-0.4, -0.2) is 34.9 Å². The minimum atomic E-state index is -3.70. The average molecular weight is 507 g/mol. The summed E-state index contributed by atoms with van der Waals surface area (Å²) in [5.74, 6) is -1.49. The molecule has 3 aromatic rings. The number of anilines is 1. The van der Waals surface area contributed by atoms with Gasteiger partial charge in [0.15, 0.2) is 0 Å². The quantitative estimate of drug-likeness (QED) is 0.218. The van der Waals surface area contributed by atoms with Crippen molar-refractivity contribution in [2.75, 3.05) is 5.32 Å². The summed E-state index contributed by atoms with van der Waals surface area (Å²) >= 11 is 6.83. The Labute approximate surface area is 197 Å². The van der Waals surface area contributed by atoms with E-state index in [1.165, 1.54) is 56.5 Å². The van der Waals surface area contributed by atoms with Crippen LogP contribution in [0.2, 0.25) is 5.02 Å². The van der Waals surface area contributed by atoms with Gasteiger partial charge >= 0.3 is 5.97 Å². The van der Waals surface area contributed by atoms with Crippen LogP contribution >= 0.6 is 23.1 Å². The molecule has 10 nitrogen and oxygen atoms in total. The molecule has 0 aliphatic rings. The maximum Gasteiger partial charge on any atom is 0.379 e. The van der Waals surface area contributed by atoms with E-state index in [9.17, 15) is 23.3 Å². The Morgan fingerprint density at radius 3 is 2.70 bits per heavy atom. The first-order valence-electron chi connectivity index (χ1n) is 9.18. The lowest BCUT2D eigenvalue weighted by Gasteiger charge is -2.06. The second-order valence-corrected chi connectivity index (χ2v) is 10.2. The van der Waals surface area contributed by atoms with Gasteiger partial charge in [0.2, 0.25) is 20.7 Å². The van der Waals surface area contributed by atoms with Crippen molar-refractivity contribution in [1.82, 2.24) is 9.36 Å². The third-order valence-electron chi connectivity index (χ3n) is 4.06. The van der Waals surface area contributed by atoms with Crippen LogP contribution in [0.1, 0.15) is 30.0 Å². The number of hydrogen-bond donors (Lipinski definition) is 1. The van der Waals surface area contributed by atoms with E-state index in [4.69, 9.17) is 20.8 Å². The summed E-state index contributed by atoms with van der Waals surface area (Å²) in [5, 5.41) is 10.6. The second kappa shape index (κ2) is 9.95.